The van der Waals surface area contributed by atoms with E-state index in [9.17, 15) is 24.3 Å². The molecular formula is C16H13N5O6S5. The largest absolute Gasteiger partial charge is 0.477 e. The zero-order chi connectivity index (χ0) is 22.8. The van der Waals surface area contributed by atoms with Crippen molar-refractivity contribution in [2.75, 3.05) is 18.6 Å². The number of oxime groups is 1. The third kappa shape index (κ3) is 4.45. The molecule has 4 heterocycles. The van der Waals surface area contributed by atoms with E-state index in [0.717, 1.165) is 22.7 Å². The average Bonchev–Trinajstić information content (AvgIpc) is 3.45. The zero-order valence-electron chi connectivity index (χ0n) is 16.0. The highest BCUT2D eigenvalue weighted by molar-refractivity contribution is 8.01. The number of carbonyl (C=O) groups is 3. The first kappa shape index (κ1) is 22.9. The van der Waals surface area contributed by atoms with Crippen molar-refractivity contribution in [2.24, 2.45) is 5.16 Å². The van der Waals surface area contributed by atoms with Crippen LogP contribution in [-0.4, -0.2) is 73.7 Å². The molecule has 1 fully saturated rings. The number of nitrogens with zero attached hydrogens (tertiary/aromatic N) is 4. The first-order chi connectivity index (χ1) is 15.4. The molecule has 11 nitrogen and oxygen atoms in total. The third-order valence-corrected chi connectivity index (χ3v) is 9.55. The number of carbonyl (C=O) groups excluding carboxylic acids is 2. The van der Waals surface area contributed by atoms with Crippen LogP contribution in [0.1, 0.15) is 4.88 Å². The fourth-order valence-electron chi connectivity index (χ4n) is 3.01. The molecule has 0 spiro atoms. The molecule has 168 valence electrons. The van der Waals surface area contributed by atoms with Crippen molar-refractivity contribution >= 4 is 81.0 Å². The number of β-lactam (4-membered cyclic amide) rings is 1. The van der Waals surface area contributed by atoms with Crippen LogP contribution in [0.5, 0.6) is 0 Å². The minimum Gasteiger partial charge on any atom is -0.477 e. The fourth-order valence-corrected chi connectivity index (χ4v) is 7.65. The maximum atomic E-state index is 12.8. The quantitative estimate of drug-likeness (QED) is 0.218. The van der Waals surface area contributed by atoms with E-state index < -0.39 is 29.2 Å². The normalized spacial score (nSPS) is 20.6. The molecule has 4 rings (SSSR count). The number of carboxylic acids is 1. The van der Waals surface area contributed by atoms with Gasteiger partial charge in [-0.1, -0.05) is 50.9 Å². The zero-order valence-corrected chi connectivity index (χ0v) is 20.1. The molecule has 1 unspecified atom stereocenters. The van der Waals surface area contributed by atoms with Gasteiger partial charge in [0.2, 0.25) is 0 Å². The molecule has 2 aromatic heterocycles. The van der Waals surface area contributed by atoms with Crippen LogP contribution in [0.4, 0.5) is 0 Å². The number of hydrogen-bond acceptors (Lipinski definition) is 13. The number of amides is 2. The molecule has 2 atom stereocenters. The van der Waals surface area contributed by atoms with Crippen molar-refractivity contribution in [1.29, 1.82) is 0 Å². The smallest absolute Gasteiger partial charge is 0.352 e. The second kappa shape index (κ2) is 9.70. The highest BCUT2D eigenvalue weighted by Crippen LogP contribution is 2.41. The van der Waals surface area contributed by atoms with Gasteiger partial charge < -0.3 is 15.3 Å². The van der Waals surface area contributed by atoms with Gasteiger partial charge in [-0.25, -0.2) is 4.79 Å². The Morgan fingerprint density at radius 3 is 2.84 bits per heavy atom. The highest BCUT2D eigenvalue weighted by Gasteiger charge is 2.54. The summed E-state index contributed by atoms with van der Waals surface area (Å²) < 4.78 is 0.496. The van der Waals surface area contributed by atoms with Crippen molar-refractivity contribution in [3.8, 4) is 0 Å². The monoisotopic (exact) mass is 531 g/mol. The summed E-state index contributed by atoms with van der Waals surface area (Å²) >= 11 is 5.84. The van der Waals surface area contributed by atoms with Crippen molar-refractivity contribution in [3.63, 3.8) is 0 Å². The molecule has 2 amide bonds. The van der Waals surface area contributed by atoms with Crippen molar-refractivity contribution in [2.45, 2.75) is 15.8 Å². The first-order valence-corrected chi connectivity index (χ1v) is 13.3. The van der Waals surface area contributed by atoms with Gasteiger partial charge >= 0.3 is 5.97 Å². The number of rotatable bonds is 8. The average molecular weight is 532 g/mol. The summed E-state index contributed by atoms with van der Waals surface area (Å²) in [5.41, 5.74) is 2.00. The Morgan fingerprint density at radius 2 is 2.22 bits per heavy atom. The van der Waals surface area contributed by atoms with Gasteiger partial charge in [0.1, 0.15) is 29.7 Å². The van der Waals surface area contributed by atoms with E-state index in [1.54, 1.807) is 5.51 Å². The lowest BCUT2D eigenvalue weighted by Gasteiger charge is -2.49. The minimum absolute atomic E-state index is 0.0666. The Hall–Kier alpha value is -2.27. The number of fused-ring (bicyclic) bond motifs is 1. The summed E-state index contributed by atoms with van der Waals surface area (Å²) in [5.74, 6) is -1.66. The number of aromatic nitrogens is 2. The van der Waals surface area contributed by atoms with Crippen LogP contribution in [0.3, 0.4) is 0 Å². The van der Waals surface area contributed by atoms with Crippen molar-refractivity contribution in [1.82, 2.24) is 20.4 Å². The van der Waals surface area contributed by atoms with Gasteiger partial charge in [-0.3, -0.25) is 19.3 Å². The van der Waals surface area contributed by atoms with Gasteiger partial charge in [0.25, 0.3) is 15.9 Å². The van der Waals surface area contributed by atoms with E-state index in [1.807, 2.05) is 0 Å². The molecule has 0 saturated carbocycles. The van der Waals surface area contributed by atoms with Crippen LogP contribution in [0.25, 0.3) is 0 Å². The predicted molar refractivity (Wildman–Crippen MR) is 122 cm³/mol. The summed E-state index contributed by atoms with van der Waals surface area (Å²) in [4.78, 5) is 55.2. The highest BCUT2D eigenvalue weighted by atomic mass is 32.2. The Kier molecular flexibility index (Phi) is 6.94. The van der Waals surface area contributed by atoms with Gasteiger partial charge in [0.15, 0.2) is 10.1 Å². The van der Waals surface area contributed by atoms with Gasteiger partial charge in [-0.2, -0.15) is 0 Å². The minimum atomic E-state index is -1.20. The SMILES string of the molecule is CON=C(C(=O)NC1C(=O)N2C(C(=O)O)=C(CSc3nncs3)CS[C@@H]12)c1csc(=O)s1. The number of nitrogens with one attached hydrogen (secondary N) is 1. The molecule has 1 saturated heterocycles. The molecule has 0 aromatic carbocycles. The van der Waals surface area contributed by atoms with E-state index in [4.69, 9.17) is 4.84 Å². The molecule has 2 N–H and O–H groups in total. The third-order valence-electron chi connectivity index (χ3n) is 4.33. The Balaban J connectivity index is 1.50. The lowest BCUT2D eigenvalue weighted by atomic mass is 10.0. The Labute approximate surface area is 200 Å². The predicted octanol–water partition coefficient (Wildman–Crippen LogP) is 0.903. The van der Waals surface area contributed by atoms with Crippen molar-refractivity contribution < 1.29 is 24.3 Å². The standard InChI is InChI=1S/C16H13N5O6S5/c1-27-20-8(7-4-30-16(26)32-7)11(22)18-9-12(23)21-10(14(24)25)6(2-28-13(9)21)3-29-15-19-17-5-31-15/h4-5,9,13H,2-3H2,1H3,(H,18,22)(H,24,25)/t9?,13-/m0/s1. The first-order valence-electron chi connectivity index (χ1n) is 8.70. The molecule has 2 aromatic rings. The lowest BCUT2D eigenvalue weighted by molar-refractivity contribution is -0.150. The van der Waals surface area contributed by atoms with Gasteiger partial charge in [-0.05, 0) is 5.57 Å². The Bertz CT molecular complexity index is 1170. The number of hydrogen-bond donors (Lipinski definition) is 2. The Morgan fingerprint density at radius 1 is 1.41 bits per heavy atom. The summed E-state index contributed by atoms with van der Waals surface area (Å²) in [6.07, 6.45) is 0. The lowest BCUT2D eigenvalue weighted by Crippen LogP contribution is -2.71. The molecule has 0 radical (unpaired) electrons. The van der Waals surface area contributed by atoms with Gasteiger partial charge in [-0.15, -0.1) is 22.0 Å². The van der Waals surface area contributed by atoms with Crippen molar-refractivity contribution in [3.05, 3.63) is 35.9 Å². The maximum Gasteiger partial charge on any atom is 0.352 e. The number of aliphatic carboxylic acids is 1. The second-order valence-corrected chi connectivity index (χ2v) is 11.5. The second-order valence-electron chi connectivity index (χ2n) is 6.19. The van der Waals surface area contributed by atoms with E-state index in [0.29, 0.717) is 26.3 Å². The van der Waals surface area contributed by atoms with Gasteiger partial charge in [0, 0.05) is 16.9 Å². The molecule has 0 bridgehead atoms. The van der Waals surface area contributed by atoms with E-state index >= 15 is 0 Å². The molecule has 2 aliphatic heterocycles. The molecule has 16 heteroatoms. The summed E-state index contributed by atoms with van der Waals surface area (Å²) in [6.45, 7) is 0. The van der Waals surface area contributed by atoms with Crippen LogP contribution in [0.2, 0.25) is 0 Å². The molecule has 32 heavy (non-hydrogen) atoms. The topological polar surface area (TPSA) is 151 Å². The molecule has 2 aliphatic rings. The van der Waals surface area contributed by atoms with Crippen LogP contribution in [0.15, 0.2) is 36.5 Å². The van der Waals surface area contributed by atoms with Crippen LogP contribution >= 0.6 is 57.5 Å². The van der Waals surface area contributed by atoms with E-state index in [-0.39, 0.29) is 15.5 Å². The summed E-state index contributed by atoms with van der Waals surface area (Å²) in [5, 5.41) is 24.6. The van der Waals surface area contributed by atoms with E-state index in [2.05, 4.69) is 20.7 Å². The van der Waals surface area contributed by atoms with Crippen LogP contribution in [-0.2, 0) is 19.2 Å². The molecule has 0 aliphatic carbocycles. The molecular weight excluding hydrogens is 519 g/mol. The van der Waals surface area contributed by atoms with E-state index in [1.165, 1.54) is 52.3 Å². The fraction of sp³-hybridized carbons (Fsp3) is 0.312. The van der Waals surface area contributed by atoms with Crippen LogP contribution in [0, 0.1) is 0 Å². The maximum absolute atomic E-state index is 12.8. The van der Waals surface area contributed by atoms with Crippen LogP contribution < -0.4 is 9.37 Å². The number of carboxylic acid groups (broad SMARTS) is 1. The van der Waals surface area contributed by atoms with Gasteiger partial charge in [0.05, 0.1) is 4.88 Å². The summed E-state index contributed by atoms with van der Waals surface area (Å²) in [6, 6.07) is -0.920. The summed E-state index contributed by atoms with van der Waals surface area (Å²) in [7, 11) is 1.26. The number of thioether (sulfide) groups is 2.